The highest BCUT2D eigenvalue weighted by Gasteiger charge is 2.19. The van der Waals surface area contributed by atoms with E-state index in [1.807, 2.05) is 53.2 Å². The molecule has 158 valence electrons. The lowest BCUT2D eigenvalue weighted by Crippen LogP contribution is -2.02. The topological polar surface area (TPSA) is 31.2 Å². The third kappa shape index (κ3) is 4.11. The molecule has 0 unspecified atom stereocenters. The fourth-order valence-electron chi connectivity index (χ4n) is 4.05. The lowest BCUT2D eigenvalue weighted by molar-refractivity contribution is 0.104. The minimum atomic E-state index is -0.286. The number of nitrogens with zero attached hydrogens (tertiary/aromatic N) is 1. The van der Waals surface area contributed by atoms with E-state index in [1.165, 1.54) is 6.07 Å². The number of halogens is 1. The second-order valence-corrected chi connectivity index (χ2v) is 7.68. The second kappa shape index (κ2) is 9.17. The number of ketones is 1. The Balaban J connectivity index is 1.80. The summed E-state index contributed by atoms with van der Waals surface area (Å²) in [5.41, 5.74) is 2.42. The van der Waals surface area contributed by atoms with Gasteiger partial charge in [0, 0.05) is 34.8 Å². The summed E-state index contributed by atoms with van der Waals surface area (Å²) in [4.78, 5) is 13.5. The Morgan fingerprint density at radius 1 is 0.968 bits per heavy atom. The molecule has 3 aromatic carbocycles. The largest absolute Gasteiger partial charge is 0.496 e. The quantitative estimate of drug-likeness (QED) is 0.232. The Bertz CT molecular complexity index is 1230. The van der Waals surface area contributed by atoms with Gasteiger partial charge in [-0.05, 0) is 42.1 Å². The van der Waals surface area contributed by atoms with Gasteiger partial charge >= 0.3 is 0 Å². The van der Waals surface area contributed by atoms with Crippen LogP contribution in [0.15, 0.2) is 72.9 Å². The predicted octanol–water partition coefficient (Wildman–Crippen LogP) is 6.88. The number of carbonyl (C=O) groups excluding carboxylic acids is 1. The molecule has 0 amide bonds. The Morgan fingerprint density at radius 2 is 1.71 bits per heavy atom. The van der Waals surface area contributed by atoms with Crippen molar-refractivity contribution in [3.8, 4) is 17.0 Å². The zero-order valence-corrected chi connectivity index (χ0v) is 17.9. The molecule has 0 fully saturated rings. The van der Waals surface area contributed by atoms with Crippen molar-refractivity contribution in [2.75, 3.05) is 7.11 Å². The van der Waals surface area contributed by atoms with Crippen molar-refractivity contribution in [2.24, 2.45) is 0 Å². The molecule has 1 aromatic heterocycles. The number of ether oxygens (including phenoxy) is 1. The van der Waals surface area contributed by atoms with Crippen LogP contribution < -0.4 is 4.74 Å². The van der Waals surface area contributed by atoms with E-state index in [0.717, 1.165) is 48.0 Å². The van der Waals surface area contributed by atoms with Gasteiger partial charge in [-0.25, -0.2) is 4.39 Å². The van der Waals surface area contributed by atoms with E-state index in [-0.39, 0.29) is 11.6 Å². The van der Waals surface area contributed by atoms with E-state index in [2.05, 4.69) is 6.92 Å². The zero-order valence-electron chi connectivity index (χ0n) is 17.9. The first kappa shape index (κ1) is 20.9. The van der Waals surface area contributed by atoms with Crippen molar-refractivity contribution >= 4 is 16.6 Å². The van der Waals surface area contributed by atoms with E-state index >= 15 is 0 Å². The van der Waals surface area contributed by atoms with E-state index in [4.69, 9.17) is 4.74 Å². The van der Waals surface area contributed by atoms with Crippen molar-refractivity contribution < 1.29 is 13.9 Å². The molecule has 0 aliphatic rings. The van der Waals surface area contributed by atoms with Crippen LogP contribution in [-0.4, -0.2) is 17.5 Å². The molecule has 1 heterocycles. The van der Waals surface area contributed by atoms with E-state index in [0.29, 0.717) is 16.7 Å². The van der Waals surface area contributed by atoms with Crippen molar-refractivity contribution in [2.45, 2.75) is 32.7 Å². The number of aryl methyl sites for hydroxylation is 1. The zero-order chi connectivity index (χ0) is 21.8. The normalized spacial score (nSPS) is 11.1. The minimum absolute atomic E-state index is 0.0781. The molecule has 0 radical (unpaired) electrons. The van der Waals surface area contributed by atoms with Gasteiger partial charge in [0.25, 0.3) is 0 Å². The Kier molecular flexibility index (Phi) is 6.17. The molecule has 3 nitrogen and oxygen atoms in total. The number of fused-ring (bicyclic) bond motifs is 1. The summed E-state index contributed by atoms with van der Waals surface area (Å²) < 4.78 is 22.0. The number of aromatic nitrogens is 1. The molecule has 0 aliphatic carbocycles. The average Bonchev–Trinajstić information content (AvgIpc) is 3.22. The molecular weight excluding hydrogens is 389 g/mol. The van der Waals surface area contributed by atoms with Crippen LogP contribution in [0.3, 0.4) is 0 Å². The van der Waals surface area contributed by atoms with Crippen LogP contribution in [0.5, 0.6) is 5.75 Å². The summed E-state index contributed by atoms with van der Waals surface area (Å²) >= 11 is 0. The van der Waals surface area contributed by atoms with E-state index < -0.39 is 0 Å². The van der Waals surface area contributed by atoms with Gasteiger partial charge in [-0.15, -0.1) is 0 Å². The van der Waals surface area contributed by atoms with Crippen molar-refractivity contribution in [3.05, 3.63) is 89.9 Å². The summed E-state index contributed by atoms with van der Waals surface area (Å²) in [7, 11) is 1.63. The van der Waals surface area contributed by atoms with Gasteiger partial charge < -0.3 is 9.30 Å². The fraction of sp³-hybridized carbons (Fsp3) is 0.222. The van der Waals surface area contributed by atoms with Crippen LogP contribution in [0, 0.1) is 5.82 Å². The molecule has 0 atom stereocenters. The predicted molar refractivity (Wildman–Crippen MR) is 123 cm³/mol. The number of carbonyl (C=O) groups is 1. The van der Waals surface area contributed by atoms with Crippen molar-refractivity contribution in [1.82, 2.24) is 4.57 Å². The number of benzene rings is 3. The maximum absolute atomic E-state index is 14.6. The Labute approximate surface area is 182 Å². The number of rotatable bonds is 8. The smallest absolute Gasteiger partial charge is 0.195 e. The molecule has 0 N–H and O–H groups in total. The first-order chi connectivity index (χ1) is 15.1. The molecule has 0 bridgehead atoms. The maximum Gasteiger partial charge on any atom is 0.195 e. The molecular formula is C27H26FNO2. The van der Waals surface area contributed by atoms with E-state index in [1.54, 1.807) is 25.3 Å². The molecule has 0 aliphatic heterocycles. The molecule has 4 rings (SSSR count). The fourth-order valence-corrected chi connectivity index (χ4v) is 4.05. The molecule has 4 aromatic rings. The molecule has 4 heteroatoms. The van der Waals surface area contributed by atoms with Gasteiger partial charge in [-0.1, -0.05) is 56.2 Å². The summed E-state index contributed by atoms with van der Waals surface area (Å²) in [6.45, 7) is 2.89. The van der Waals surface area contributed by atoms with Gasteiger partial charge in [0.15, 0.2) is 5.78 Å². The Morgan fingerprint density at radius 3 is 2.45 bits per heavy atom. The summed E-state index contributed by atoms with van der Waals surface area (Å²) in [5.74, 6) is 0.369. The van der Waals surface area contributed by atoms with Gasteiger partial charge in [-0.2, -0.15) is 0 Å². The number of hydrogen-bond donors (Lipinski definition) is 0. The monoisotopic (exact) mass is 415 g/mol. The van der Waals surface area contributed by atoms with Gasteiger partial charge in [0.05, 0.1) is 12.8 Å². The van der Waals surface area contributed by atoms with Crippen LogP contribution >= 0.6 is 0 Å². The molecule has 0 saturated heterocycles. The van der Waals surface area contributed by atoms with Crippen LogP contribution in [0.2, 0.25) is 0 Å². The highest BCUT2D eigenvalue weighted by Crippen LogP contribution is 2.32. The van der Waals surface area contributed by atoms with Crippen molar-refractivity contribution in [1.29, 1.82) is 0 Å². The summed E-state index contributed by atoms with van der Waals surface area (Å²) in [5, 5.41) is 1.74. The minimum Gasteiger partial charge on any atom is -0.496 e. The standard InChI is InChI=1S/C27H26FNO2/c1-3-4-9-16-29-18-19(17-25(29)23-12-7-8-13-24(23)28)27(30)22-14-15-26(31-2)21-11-6-5-10-20(21)22/h5-8,10-15,17-18H,3-4,9,16H2,1-2H3. The SMILES string of the molecule is CCCCCn1cc(C(=O)c2ccc(OC)c3ccccc23)cc1-c1ccccc1F. The van der Waals surface area contributed by atoms with Crippen molar-refractivity contribution in [3.63, 3.8) is 0 Å². The Hall–Kier alpha value is -3.40. The number of unbranched alkanes of at least 4 members (excludes halogenated alkanes) is 2. The lowest BCUT2D eigenvalue weighted by Gasteiger charge is -2.09. The maximum atomic E-state index is 14.6. The number of hydrogen-bond acceptors (Lipinski definition) is 2. The molecule has 31 heavy (non-hydrogen) atoms. The number of methoxy groups -OCH3 is 1. The van der Waals surface area contributed by atoms with Crippen LogP contribution in [0.4, 0.5) is 4.39 Å². The van der Waals surface area contributed by atoms with E-state index in [9.17, 15) is 9.18 Å². The highest BCUT2D eigenvalue weighted by molar-refractivity contribution is 6.17. The van der Waals surface area contributed by atoms with Crippen LogP contribution in [0.25, 0.3) is 22.0 Å². The molecule has 0 spiro atoms. The van der Waals surface area contributed by atoms with Gasteiger partial charge in [0.1, 0.15) is 11.6 Å². The third-order valence-electron chi connectivity index (χ3n) is 5.66. The first-order valence-corrected chi connectivity index (χ1v) is 10.7. The first-order valence-electron chi connectivity index (χ1n) is 10.7. The second-order valence-electron chi connectivity index (χ2n) is 7.68. The third-order valence-corrected chi connectivity index (χ3v) is 5.66. The molecule has 0 saturated carbocycles. The van der Waals surface area contributed by atoms with Crippen LogP contribution in [0.1, 0.15) is 42.1 Å². The summed E-state index contributed by atoms with van der Waals surface area (Å²) in [6.07, 6.45) is 5.02. The summed E-state index contributed by atoms with van der Waals surface area (Å²) in [6, 6.07) is 19.9. The van der Waals surface area contributed by atoms with Gasteiger partial charge in [0.2, 0.25) is 0 Å². The highest BCUT2D eigenvalue weighted by atomic mass is 19.1. The van der Waals surface area contributed by atoms with Gasteiger partial charge in [-0.3, -0.25) is 4.79 Å². The lowest BCUT2D eigenvalue weighted by atomic mass is 9.97. The van der Waals surface area contributed by atoms with Crippen LogP contribution in [-0.2, 0) is 6.54 Å². The average molecular weight is 416 g/mol.